The van der Waals surface area contributed by atoms with Crippen LogP contribution < -0.4 is 0 Å². The molecule has 0 N–H and O–H groups in total. The number of aryl methyl sites for hydroxylation is 1. The summed E-state index contributed by atoms with van der Waals surface area (Å²) in [7, 11) is 0. The van der Waals surface area contributed by atoms with Gasteiger partial charge >= 0.3 is 0 Å². The molecule has 1 unspecified atom stereocenters. The van der Waals surface area contributed by atoms with Crippen LogP contribution in [0.5, 0.6) is 0 Å². The maximum atomic E-state index is 6.04. The van der Waals surface area contributed by atoms with E-state index < -0.39 is 0 Å². The highest BCUT2D eigenvalue weighted by Crippen LogP contribution is 2.52. The third kappa shape index (κ3) is 2.17. The minimum Gasteiger partial charge on any atom is -0.301 e. The zero-order valence-corrected chi connectivity index (χ0v) is 10.4. The maximum Gasteiger partial charge on any atom is 0.225 e. The van der Waals surface area contributed by atoms with Crippen LogP contribution in [0.25, 0.3) is 0 Å². The van der Waals surface area contributed by atoms with Gasteiger partial charge in [-0.2, -0.15) is 0 Å². The third-order valence-electron chi connectivity index (χ3n) is 3.38. The quantitative estimate of drug-likeness (QED) is 0.792. The summed E-state index contributed by atoms with van der Waals surface area (Å²) in [6.45, 7) is 7.73. The molecule has 1 aromatic heterocycles. The molecule has 1 aromatic rings. The Kier molecular flexibility index (Phi) is 2.75. The molecule has 1 fully saturated rings. The minimum absolute atomic E-state index is 0.483. The Balaban J connectivity index is 2.09. The van der Waals surface area contributed by atoms with Crippen molar-refractivity contribution in [3.8, 4) is 0 Å². The van der Waals surface area contributed by atoms with E-state index >= 15 is 0 Å². The van der Waals surface area contributed by atoms with Crippen LogP contribution in [0.2, 0.25) is 5.28 Å². The molecule has 84 valence electrons. The number of nitrogens with zero attached hydrogens (tertiary/aromatic N) is 3. The molecular weight excluding hydrogens is 210 g/mol. The van der Waals surface area contributed by atoms with Gasteiger partial charge in [-0.1, -0.05) is 20.8 Å². The van der Waals surface area contributed by atoms with Gasteiger partial charge in [0, 0.05) is 13.0 Å². The van der Waals surface area contributed by atoms with Crippen molar-refractivity contribution in [3.63, 3.8) is 0 Å². The van der Waals surface area contributed by atoms with Crippen LogP contribution in [0.1, 0.15) is 39.4 Å². The Labute approximate surface area is 95.8 Å². The molecule has 15 heavy (non-hydrogen) atoms. The Bertz CT molecular complexity index is 357. The Morgan fingerprint density at radius 2 is 2.13 bits per heavy atom. The number of hydrogen-bond acceptors (Lipinski definition) is 2. The molecule has 2 rings (SSSR count). The second-order valence-corrected chi connectivity index (χ2v) is 5.47. The molecule has 1 atom stereocenters. The summed E-state index contributed by atoms with van der Waals surface area (Å²) in [5.41, 5.74) is 0.483. The highest BCUT2D eigenvalue weighted by Gasteiger charge is 2.45. The first-order valence-electron chi connectivity index (χ1n) is 5.62. The van der Waals surface area contributed by atoms with E-state index in [0.717, 1.165) is 31.1 Å². The minimum atomic E-state index is 0.483. The second kappa shape index (κ2) is 3.78. The van der Waals surface area contributed by atoms with Crippen molar-refractivity contribution >= 4 is 11.6 Å². The molecule has 1 heterocycles. The van der Waals surface area contributed by atoms with Gasteiger partial charge in [0.05, 0.1) is 0 Å². The van der Waals surface area contributed by atoms with Crippen LogP contribution in [-0.4, -0.2) is 14.8 Å². The number of hydrogen-bond donors (Lipinski definition) is 0. The van der Waals surface area contributed by atoms with Crippen molar-refractivity contribution in [2.75, 3.05) is 0 Å². The highest BCUT2D eigenvalue weighted by molar-refractivity contribution is 6.28. The van der Waals surface area contributed by atoms with E-state index in [4.69, 9.17) is 11.6 Å². The SMILES string of the molecule is CCCc1nnc(Cl)n1CC1CC1(C)C. The van der Waals surface area contributed by atoms with E-state index in [2.05, 4.69) is 35.5 Å². The summed E-state index contributed by atoms with van der Waals surface area (Å²) in [4.78, 5) is 0. The van der Waals surface area contributed by atoms with E-state index in [1.54, 1.807) is 0 Å². The average molecular weight is 228 g/mol. The molecule has 3 nitrogen and oxygen atoms in total. The molecule has 0 aliphatic heterocycles. The number of halogens is 1. The van der Waals surface area contributed by atoms with Crippen LogP contribution in [0, 0.1) is 11.3 Å². The lowest BCUT2D eigenvalue weighted by Gasteiger charge is -2.08. The largest absolute Gasteiger partial charge is 0.301 e. The first-order chi connectivity index (χ1) is 7.04. The van der Waals surface area contributed by atoms with Gasteiger partial charge < -0.3 is 4.57 Å². The van der Waals surface area contributed by atoms with Crippen molar-refractivity contribution in [3.05, 3.63) is 11.1 Å². The molecule has 1 aliphatic rings. The molecular formula is C11H18ClN3. The number of rotatable bonds is 4. The van der Waals surface area contributed by atoms with Crippen LogP contribution in [0.15, 0.2) is 0 Å². The molecule has 0 spiro atoms. The van der Waals surface area contributed by atoms with Gasteiger partial charge in [0.2, 0.25) is 5.28 Å². The normalized spacial score (nSPS) is 23.1. The Hall–Kier alpha value is -0.570. The zero-order chi connectivity index (χ0) is 11.1. The zero-order valence-electron chi connectivity index (χ0n) is 9.63. The number of aromatic nitrogens is 3. The molecule has 0 bridgehead atoms. The lowest BCUT2D eigenvalue weighted by molar-refractivity contribution is 0.488. The van der Waals surface area contributed by atoms with Crippen LogP contribution in [0.4, 0.5) is 0 Å². The first kappa shape index (κ1) is 10.9. The van der Waals surface area contributed by atoms with Gasteiger partial charge in [-0.3, -0.25) is 0 Å². The van der Waals surface area contributed by atoms with Gasteiger partial charge in [0.1, 0.15) is 5.82 Å². The molecule has 0 radical (unpaired) electrons. The van der Waals surface area contributed by atoms with E-state index in [-0.39, 0.29) is 0 Å². The smallest absolute Gasteiger partial charge is 0.225 e. The first-order valence-corrected chi connectivity index (χ1v) is 6.00. The summed E-state index contributed by atoms with van der Waals surface area (Å²) >= 11 is 6.04. The fourth-order valence-electron chi connectivity index (χ4n) is 2.01. The fraction of sp³-hybridized carbons (Fsp3) is 0.818. The molecule has 0 saturated heterocycles. The van der Waals surface area contributed by atoms with Crippen LogP contribution >= 0.6 is 11.6 Å². The van der Waals surface area contributed by atoms with Crippen molar-refractivity contribution in [1.29, 1.82) is 0 Å². The summed E-state index contributed by atoms with van der Waals surface area (Å²) < 4.78 is 2.07. The van der Waals surface area contributed by atoms with Gasteiger partial charge in [0.15, 0.2) is 0 Å². The highest BCUT2D eigenvalue weighted by atomic mass is 35.5. The van der Waals surface area contributed by atoms with Crippen LogP contribution in [-0.2, 0) is 13.0 Å². The van der Waals surface area contributed by atoms with Gasteiger partial charge in [-0.15, -0.1) is 10.2 Å². The topological polar surface area (TPSA) is 30.7 Å². The van der Waals surface area contributed by atoms with Crippen molar-refractivity contribution in [1.82, 2.24) is 14.8 Å². The molecule has 1 saturated carbocycles. The lowest BCUT2D eigenvalue weighted by atomic mass is 10.1. The molecule has 0 aromatic carbocycles. The average Bonchev–Trinajstić information content (AvgIpc) is 2.62. The van der Waals surface area contributed by atoms with Crippen molar-refractivity contribution < 1.29 is 0 Å². The van der Waals surface area contributed by atoms with E-state index in [1.165, 1.54) is 6.42 Å². The second-order valence-electron chi connectivity index (χ2n) is 5.14. The van der Waals surface area contributed by atoms with Gasteiger partial charge in [0.25, 0.3) is 0 Å². The van der Waals surface area contributed by atoms with Gasteiger partial charge in [-0.05, 0) is 35.8 Å². The molecule has 0 amide bonds. The maximum absolute atomic E-state index is 6.04. The van der Waals surface area contributed by atoms with Gasteiger partial charge in [-0.25, -0.2) is 0 Å². The summed E-state index contributed by atoms with van der Waals surface area (Å²) in [5, 5.41) is 8.60. The molecule has 4 heteroatoms. The predicted molar refractivity (Wildman–Crippen MR) is 60.9 cm³/mol. The van der Waals surface area contributed by atoms with E-state index in [9.17, 15) is 0 Å². The standard InChI is InChI=1S/C11H18ClN3/c1-4-5-9-13-14-10(12)15(9)7-8-6-11(8,2)3/h8H,4-7H2,1-3H3. The van der Waals surface area contributed by atoms with E-state index in [0.29, 0.717) is 10.7 Å². The van der Waals surface area contributed by atoms with Crippen LogP contribution in [0.3, 0.4) is 0 Å². The fourth-order valence-corrected chi connectivity index (χ4v) is 2.22. The third-order valence-corrected chi connectivity index (χ3v) is 3.66. The van der Waals surface area contributed by atoms with Crippen molar-refractivity contribution in [2.45, 2.75) is 46.6 Å². The Morgan fingerprint density at radius 3 is 2.67 bits per heavy atom. The molecule has 1 aliphatic carbocycles. The summed E-state index contributed by atoms with van der Waals surface area (Å²) in [6, 6.07) is 0. The summed E-state index contributed by atoms with van der Waals surface area (Å²) in [6.07, 6.45) is 3.34. The van der Waals surface area contributed by atoms with E-state index in [1.807, 2.05) is 0 Å². The Morgan fingerprint density at radius 1 is 1.47 bits per heavy atom. The summed E-state index contributed by atoms with van der Waals surface area (Å²) in [5.74, 6) is 1.77. The van der Waals surface area contributed by atoms with Crippen molar-refractivity contribution in [2.24, 2.45) is 11.3 Å². The predicted octanol–water partition coefficient (Wildman–Crippen LogP) is 2.93. The monoisotopic (exact) mass is 227 g/mol. The lowest BCUT2D eigenvalue weighted by Crippen LogP contribution is -2.08.